The van der Waals surface area contributed by atoms with E-state index < -0.39 is 0 Å². The average Bonchev–Trinajstić information content (AvgIpc) is 2.25. The fourth-order valence-corrected chi connectivity index (χ4v) is 1.96. The minimum Gasteiger partial charge on any atom is -0.398 e. The van der Waals surface area contributed by atoms with E-state index in [1.54, 1.807) is 12.1 Å². The number of nitrogen functional groups attached to an aromatic ring is 1. The molecule has 0 spiro atoms. The fraction of sp³-hybridized carbons (Fsp3) is 0.417. The molecule has 1 aliphatic rings. The monoisotopic (exact) mass is 217 g/mol. The van der Waals surface area contributed by atoms with Gasteiger partial charge in [-0.05, 0) is 37.5 Å². The van der Waals surface area contributed by atoms with Crippen molar-refractivity contribution in [2.75, 3.05) is 17.7 Å². The topological polar surface area (TPSA) is 82.1 Å². The first-order valence-electron chi connectivity index (χ1n) is 5.38. The molecule has 0 radical (unpaired) electrons. The van der Waals surface area contributed by atoms with Gasteiger partial charge in [-0.2, -0.15) is 5.26 Å². The molecule has 2 rings (SSSR count). The van der Waals surface area contributed by atoms with Crippen LogP contribution in [0.4, 0.5) is 11.4 Å². The molecule has 1 fully saturated rings. The molecule has 1 aromatic carbocycles. The Morgan fingerprint density at radius 1 is 1.50 bits per heavy atom. The van der Waals surface area contributed by atoms with E-state index in [1.165, 1.54) is 0 Å². The number of aliphatic hydroxyl groups is 1. The lowest BCUT2D eigenvalue weighted by atomic mass is 9.77. The molecule has 84 valence electrons. The van der Waals surface area contributed by atoms with Gasteiger partial charge in [-0.15, -0.1) is 0 Å². The van der Waals surface area contributed by atoms with Crippen LogP contribution in [0, 0.1) is 11.3 Å². The third-order valence-corrected chi connectivity index (χ3v) is 3.20. The maximum Gasteiger partial charge on any atom is 0.101 e. The Hall–Kier alpha value is -1.73. The third-order valence-electron chi connectivity index (χ3n) is 3.20. The Bertz CT molecular complexity index is 427. The lowest BCUT2D eigenvalue weighted by Gasteiger charge is -2.41. The normalized spacial score (nSPS) is 17.2. The lowest BCUT2D eigenvalue weighted by molar-refractivity contribution is 0.144. The Kier molecular flexibility index (Phi) is 2.71. The van der Waals surface area contributed by atoms with E-state index in [0.717, 1.165) is 24.9 Å². The van der Waals surface area contributed by atoms with Gasteiger partial charge in [0.2, 0.25) is 0 Å². The zero-order chi connectivity index (χ0) is 11.6. The molecule has 0 atom stereocenters. The number of benzene rings is 1. The molecule has 0 amide bonds. The van der Waals surface area contributed by atoms with Crippen molar-refractivity contribution in [3.8, 4) is 6.07 Å². The summed E-state index contributed by atoms with van der Waals surface area (Å²) in [7, 11) is 0. The Morgan fingerprint density at radius 2 is 2.25 bits per heavy atom. The smallest absolute Gasteiger partial charge is 0.101 e. The van der Waals surface area contributed by atoms with Crippen LogP contribution in [0.1, 0.15) is 24.8 Å². The molecule has 0 heterocycles. The number of hydrogen-bond acceptors (Lipinski definition) is 4. The second-order valence-corrected chi connectivity index (χ2v) is 4.33. The summed E-state index contributed by atoms with van der Waals surface area (Å²) in [6.07, 6.45) is 3.07. The first kappa shape index (κ1) is 10.8. The molecule has 1 aliphatic carbocycles. The van der Waals surface area contributed by atoms with Crippen molar-refractivity contribution < 1.29 is 5.11 Å². The van der Waals surface area contributed by atoms with Crippen molar-refractivity contribution >= 4 is 11.4 Å². The number of nitrogens with one attached hydrogen (secondary N) is 1. The van der Waals surface area contributed by atoms with E-state index in [9.17, 15) is 5.11 Å². The maximum absolute atomic E-state index is 9.33. The summed E-state index contributed by atoms with van der Waals surface area (Å²) < 4.78 is 0. The number of hydrogen-bond donors (Lipinski definition) is 3. The molecule has 0 saturated heterocycles. The predicted molar refractivity (Wildman–Crippen MR) is 62.9 cm³/mol. The highest BCUT2D eigenvalue weighted by atomic mass is 16.3. The summed E-state index contributed by atoms with van der Waals surface area (Å²) in [6, 6.07) is 7.33. The van der Waals surface area contributed by atoms with Crippen LogP contribution in [0.25, 0.3) is 0 Å². The van der Waals surface area contributed by atoms with E-state index >= 15 is 0 Å². The van der Waals surface area contributed by atoms with E-state index in [4.69, 9.17) is 11.0 Å². The molecule has 1 aromatic rings. The van der Waals surface area contributed by atoms with Crippen LogP contribution in [-0.2, 0) is 0 Å². The van der Waals surface area contributed by atoms with E-state index in [-0.39, 0.29) is 12.1 Å². The second kappa shape index (κ2) is 4.03. The molecule has 0 aliphatic heterocycles. The highest BCUT2D eigenvalue weighted by Crippen LogP contribution is 2.35. The Labute approximate surface area is 94.7 Å². The lowest BCUT2D eigenvalue weighted by Crippen LogP contribution is -2.48. The number of anilines is 2. The molecule has 4 nitrogen and oxygen atoms in total. The summed E-state index contributed by atoms with van der Waals surface area (Å²) in [5.74, 6) is 0. The average molecular weight is 217 g/mol. The van der Waals surface area contributed by atoms with Crippen LogP contribution >= 0.6 is 0 Å². The number of nitriles is 1. The third kappa shape index (κ3) is 1.82. The summed E-state index contributed by atoms with van der Waals surface area (Å²) in [5, 5.41) is 21.5. The number of nitrogens with zero attached hydrogens (tertiary/aromatic N) is 1. The van der Waals surface area contributed by atoms with Crippen LogP contribution in [-0.4, -0.2) is 17.3 Å². The number of nitrogens with two attached hydrogens (primary N) is 1. The minimum absolute atomic E-state index is 0.124. The highest BCUT2D eigenvalue weighted by Gasteiger charge is 2.36. The van der Waals surface area contributed by atoms with Gasteiger partial charge in [0.15, 0.2) is 0 Å². The molecular formula is C12H15N3O. The molecule has 0 bridgehead atoms. The quantitative estimate of drug-likeness (QED) is 0.669. The van der Waals surface area contributed by atoms with Gasteiger partial charge in [-0.25, -0.2) is 0 Å². The first-order chi connectivity index (χ1) is 7.69. The molecule has 16 heavy (non-hydrogen) atoms. The van der Waals surface area contributed by atoms with Gasteiger partial charge in [0.1, 0.15) is 6.07 Å². The molecule has 1 saturated carbocycles. The summed E-state index contributed by atoms with van der Waals surface area (Å²) in [4.78, 5) is 0. The number of rotatable bonds is 3. The van der Waals surface area contributed by atoms with Crippen LogP contribution in [0.3, 0.4) is 0 Å². The van der Waals surface area contributed by atoms with Gasteiger partial charge >= 0.3 is 0 Å². The second-order valence-electron chi connectivity index (χ2n) is 4.33. The first-order valence-corrected chi connectivity index (χ1v) is 5.38. The van der Waals surface area contributed by atoms with Crippen LogP contribution in [0.2, 0.25) is 0 Å². The molecular weight excluding hydrogens is 202 g/mol. The van der Waals surface area contributed by atoms with Gasteiger partial charge in [-0.1, -0.05) is 0 Å². The molecule has 0 unspecified atom stereocenters. The summed E-state index contributed by atoms with van der Waals surface area (Å²) in [5.41, 5.74) is 7.25. The summed E-state index contributed by atoms with van der Waals surface area (Å²) >= 11 is 0. The zero-order valence-corrected chi connectivity index (χ0v) is 9.03. The Balaban J connectivity index is 2.19. The molecule has 4 heteroatoms. The standard InChI is InChI=1S/C12H15N3O/c13-7-9-6-10(2-3-11(9)14)15-12(8-16)4-1-5-12/h2-3,6,15-16H,1,4-5,8,14H2. The fourth-order valence-electron chi connectivity index (χ4n) is 1.96. The molecule has 4 N–H and O–H groups in total. The van der Waals surface area contributed by atoms with E-state index in [0.29, 0.717) is 11.3 Å². The van der Waals surface area contributed by atoms with Gasteiger partial charge < -0.3 is 16.2 Å². The van der Waals surface area contributed by atoms with Crippen molar-refractivity contribution in [2.24, 2.45) is 0 Å². The van der Waals surface area contributed by atoms with Crippen LogP contribution in [0.5, 0.6) is 0 Å². The van der Waals surface area contributed by atoms with Crippen molar-refractivity contribution in [1.82, 2.24) is 0 Å². The highest BCUT2D eigenvalue weighted by molar-refractivity contribution is 5.62. The van der Waals surface area contributed by atoms with Crippen LogP contribution in [0.15, 0.2) is 18.2 Å². The minimum atomic E-state index is -0.192. The molecule has 0 aromatic heterocycles. The van der Waals surface area contributed by atoms with Crippen molar-refractivity contribution in [3.05, 3.63) is 23.8 Å². The largest absolute Gasteiger partial charge is 0.398 e. The van der Waals surface area contributed by atoms with Gasteiger partial charge in [-0.3, -0.25) is 0 Å². The van der Waals surface area contributed by atoms with Gasteiger partial charge in [0.25, 0.3) is 0 Å². The van der Waals surface area contributed by atoms with Crippen molar-refractivity contribution in [2.45, 2.75) is 24.8 Å². The van der Waals surface area contributed by atoms with Crippen LogP contribution < -0.4 is 11.1 Å². The summed E-state index contributed by atoms with van der Waals surface area (Å²) in [6.45, 7) is 0.124. The van der Waals surface area contributed by atoms with Gasteiger partial charge in [0.05, 0.1) is 17.7 Å². The van der Waals surface area contributed by atoms with Crippen molar-refractivity contribution in [1.29, 1.82) is 5.26 Å². The van der Waals surface area contributed by atoms with Gasteiger partial charge in [0, 0.05) is 11.4 Å². The maximum atomic E-state index is 9.33. The Morgan fingerprint density at radius 3 is 2.75 bits per heavy atom. The SMILES string of the molecule is N#Cc1cc(NC2(CO)CCC2)ccc1N. The van der Waals surface area contributed by atoms with E-state index in [1.807, 2.05) is 12.1 Å². The number of aliphatic hydroxyl groups excluding tert-OH is 1. The predicted octanol–water partition coefficient (Wildman–Crippen LogP) is 1.47. The van der Waals surface area contributed by atoms with Crippen molar-refractivity contribution in [3.63, 3.8) is 0 Å². The van der Waals surface area contributed by atoms with E-state index in [2.05, 4.69) is 5.32 Å². The zero-order valence-electron chi connectivity index (χ0n) is 9.03.